The standard InChI is InChI=1S/C15H25N3O2S/c1-11-13(10-15(19)20)21-14(16-11)6-9-18(3)12-4-7-17(2)8-5-12/h12H,4-10H2,1-3H3,(H,19,20). The second kappa shape index (κ2) is 7.33. The van der Waals surface area contributed by atoms with Gasteiger partial charge in [-0.25, -0.2) is 4.98 Å². The van der Waals surface area contributed by atoms with Crippen LogP contribution in [0.1, 0.15) is 28.4 Å². The summed E-state index contributed by atoms with van der Waals surface area (Å²) >= 11 is 1.55. The summed E-state index contributed by atoms with van der Waals surface area (Å²) < 4.78 is 0. The molecule has 1 aliphatic rings. The van der Waals surface area contributed by atoms with Gasteiger partial charge in [0.1, 0.15) is 0 Å². The van der Waals surface area contributed by atoms with Crippen LogP contribution >= 0.6 is 11.3 Å². The number of aliphatic carboxylic acids is 1. The van der Waals surface area contributed by atoms with Crippen LogP contribution in [0.5, 0.6) is 0 Å². The molecular weight excluding hydrogens is 286 g/mol. The zero-order valence-electron chi connectivity index (χ0n) is 13.1. The number of hydrogen-bond acceptors (Lipinski definition) is 5. The van der Waals surface area contributed by atoms with Crippen molar-refractivity contribution < 1.29 is 9.90 Å². The molecule has 1 fully saturated rings. The van der Waals surface area contributed by atoms with Crippen molar-refractivity contribution in [1.29, 1.82) is 0 Å². The Labute approximate surface area is 130 Å². The van der Waals surface area contributed by atoms with E-state index in [1.54, 1.807) is 11.3 Å². The van der Waals surface area contributed by atoms with Gasteiger partial charge < -0.3 is 14.9 Å². The summed E-state index contributed by atoms with van der Waals surface area (Å²) in [6, 6.07) is 0.667. The van der Waals surface area contributed by atoms with Crippen LogP contribution in [0.15, 0.2) is 0 Å². The molecule has 0 spiro atoms. The Morgan fingerprint density at radius 1 is 1.48 bits per heavy atom. The molecule has 1 N–H and O–H groups in total. The second-order valence-electron chi connectivity index (χ2n) is 5.95. The van der Waals surface area contributed by atoms with Crippen molar-refractivity contribution in [1.82, 2.24) is 14.8 Å². The molecular formula is C15H25N3O2S. The van der Waals surface area contributed by atoms with Gasteiger partial charge in [-0.1, -0.05) is 0 Å². The van der Waals surface area contributed by atoms with E-state index >= 15 is 0 Å². The molecule has 0 aromatic carbocycles. The van der Waals surface area contributed by atoms with Crippen LogP contribution < -0.4 is 0 Å². The third-order valence-electron chi connectivity index (χ3n) is 4.24. The van der Waals surface area contributed by atoms with Crippen LogP contribution in [0.4, 0.5) is 0 Å². The van der Waals surface area contributed by atoms with Crippen molar-refractivity contribution in [3.8, 4) is 0 Å². The van der Waals surface area contributed by atoms with Crippen LogP contribution in [0, 0.1) is 6.92 Å². The molecule has 2 rings (SSSR count). The number of thiazole rings is 1. The van der Waals surface area contributed by atoms with Gasteiger partial charge in [0.25, 0.3) is 0 Å². The minimum Gasteiger partial charge on any atom is -0.481 e. The smallest absolute Gasteiger partial charge is 0.308 e. The molecule has 0 bridgehead atoms. The first kappa shape index (κ1) is 16.4. The summed E-state index contributed by atoms with van der Waals surface area (Å²) in [5, 5.41) is 9.94. The Kier molecular flexibility index (Phi) is 5.72. The highest BCUT2D eigenvalue weighted by molar-refractivity contribution is 7.11. The number of nitrogens with zero attached hydrogens (tertiary/aromatic N) is 3. The van der Waals surface area contributed by atoms with E-state index in [0.29, 0.717) is 6.04 Å². The Morgan fingerprint density at radius 3 is 2.76 bits per heavy atom. The summed E-state index contributed by atoms with van der Waals surface area (Å²) in [7, 11) is 4.37. The molecule has 0 saturated carbocycles. The van der Waals surface area contributed by atoms with Gasteiger partial charge in [-0.15, -0.1) is 11.3 Å². The summed E-state index contributed by atoms with van der Waals surface area (Å²) in [4.78, 5) is 21.0. The van der Waals surface area contributed by atoms with Crippen molar-refractivity contribution in [3.63, 3.8) is 0 Å². The van der Waals surface area contributed by atoms with Crippen molar-refractivity contribution in [3.05, 3.63) is 15.6 Å². The van der Waals surface area contributed by atoms with Gasteiger partial charge in [0.15, 0.2) is 0 Å². The first-order valence-corrected chi connectivity index (χ1v) is 8.33. The molecule has 0 atom stereocenters. The van der Waals surface area contributed by atoms with Gasteiger partial charge in [0.05, 0.1) is 17.1 Å². The number of carbonyl (C=O) groups is 1. The minimum absolute atomic E-state index is 0.0916. The third-order valence-corrected chi connectivity index (χ3v) is 5.46. The first-order chi connectivity index (χ1) is 9.95. The number of hydrogen-bond donors (Lipinski definition) is 1. The maximum Gasteiger partial charge on any atom is 0.308 e. The quantitative estimate of drug-likeness (QED) is 0.866. The van der Waals surface area contributed by atoms with E-state index in [1.807, 2.05) is 6.92 Å². The van der Waals surface area contributed by atoms with Crippen LogP contribution in [0.3, 0.4) is 0 Å². The fourth-order valence-corrected chi connectivity index (χ4v) is 3.84. The van der Waals surface area contributed by atoms with Crippen molar-refractivity contribution in [2.45, 2.75) is 38.6 Å². The minimum atomic E-state index is -0.781. The topological polar surface area (TPSA) is 56.7 Å². The lowest BCUT2D eigenvalue weighted by molar-refractivity contribution is -0.136. The Morgan fingerprint density at radius 2 is 2.14 bits per heavy atom. The molecule has 0 unspecified atom stereocenters. The van der Waals surface area contributed by atoms with Gasteiger partial charge in [0.2, 0.25) is 0 Å². The van der Waals surface area contributed by atoms with Gasteiger partial charge in [-0.05, 0) is 47.0 Å². The molecule has 1 aliphatic heterocycles. The van der Waals surface area contributed by atoms with Gasteiger partial charge in [-0.3, -0.25) is 4.79 Å². The summed E-state index contributed by atoms with van der Waals surface area (Å²) in [6.45, 7) is 5.25. The van der Waals surface area contributed by atoms with E-state index in [0.717, 1.165) is 28.5 Å². The Bertz CT molecular complexity index is 481. The number of likely N-dealkylation sites (tertiary alicyclic amines) is 1. The van der Waals surface area contributed by atoms with E-state index in [-0.39, 0.29) is 6.42 Å². The summed E-state index contributed by atoms with van der Waals surface area (Å²) in [5.74, 6) is -0.781. The Balaban J connectivity index is 1.83. The number of carboxylic acid groups (broad SMARTS) is 1. The Hall–Kier alpha value is -0.980. The predicted molar refractivity (Wildman–Crippen MR) is 85.0 cm³/mol. The lowest BCUT2D eigenvalue weighted by Gasteiger charge is -2.35. The van der Waals surface area contributed by atoms with Crippen molar-refractivity contribution in [2.24, 2.45) is 0 Å². The lowest BCUT2D eigenvalue weighted by atomic mass is 10.0. The maximum absolute atomic E-state index is 10.8. The highest BCUT2D eigenvalue weighted by Crippen LogP contribution is 2.20. The van der Waals surface area contributed by atoms with Gasteiger partial charge in [-0.2, -0.15) is 0 Å². The van der Waals surface area contributed by atoms with E-state index in [1.165, 1.54) is 25.9 Å². The average Bonchev–Trinajstić information content (AvgIpc) is 2.77. The second-order valence-corrected chi connectivity index (χ2v) is 7.12. The molecule has 1 aromatic heterocycles. The van der Waals surface area contributed by atoms with E-state index < -0.39 is 5.97 Å². The molecule has 2 heterocycles. The number of aryl methyl sites for hydroxylation is 1. The number of rotatable bonds is 6. The SMILES string of the molecule is Cc1nc(CCN(C)C2CCN(C)CC2)sc1CC(=O)O. The zero-order valence-corrected chi connectivity index (χ0v) is 13.9. The van der Waals surface area contributed by atoms with Gasteiger partial charge >= 0.3 is 5.97 Å². The molecule has 118 valence electrons. The van der Waals surface area contributed by atoms with Crippen LogP contribution in [-0.4, -0.2) is 65.6 Å². The predicted octanol–water partition coefficient (Wildman–Crippen LogP) is 1.65. The van der Waals surface area contributed by atoms with E-state index in [4.69, 9.17) is 5.11 Å². The molecule has 0 radical (unpaired) electrons. The number of aromatic nitrogens is 1. The molecule has 6 heteroatoms. The fourth-order valence-electron chi connectivity index (χ4n) is 2.79. The fraction of sp³-hybridized carbons (Fsp3) is 0.733. The van der Waals surface area contributed by atoms with E-state index in [9.17, 15) is 4.79 Å². The van der Waals surface area contributed by atoms with Crippen LogP contribution in [-0.2, 0) is 17.6 Å². The molecule has 0 aliphatic carbocycles. The third kappa shape index (κ3) is 4.76. The lowest BCUT2D eigenvalue weighted by Crippen LogP contribution is -2.42. The highest BCUT2D eigenvalue weighted by Gasteiger charge is 2.20. The van der Waals surface area contributed by atoms with Crippen LogP contribution in [0.25, 0.3) is 0 Å². The molecule has 1 saturated heterocycles. The largest absolute Gasteiger partial charge is 0.481 e. The summed E-state index contributed by atoms with van der Waals surface area (Å²) in [6.07, 6.45) is 3.46. The molecule has 1 aromatic rings. The molecule has 5 nitrogen and oxygen atoms in total. The monoisotopic (exact) mass is 311 g/mol. The maximum atomic E-state index is 10.8. The van der Waals surface area contributed by atoms with Crippen molar-refractivity contribution >= 4 is 17.3 Å². The van der Waals surface area contributed by atoms with Crippen LogP contribution in [0.2, 0.25) is 0 Å². The number of carboxylic acids is 1. The molecule has 21 heavy (non-hydrogen) atoms. The van der Waals surface area contributed by atoms with Crippen molar-refractivity contribution in [2.75, 3.05) is 33.7 Å². The van der Waals surface area contributed by atoms with E-state index in [2.05, 4.69) is 28.9 Å². The average molecular weight is 311 g/mol. The highest BCUT2D eigenvalue weighted by atomic mass is 32.1. The van der Waals surface area contributed by atoms with Gasteiger partial charge in [0, 0.05) is 23.9 Å². The number of likely N-dealkylation sites (N-methyl/N-ethyl adjacent to an activating group) is 1. The normalized spacial score (nSPS) is 17.5. The zero-order chi connectivity index (χ0) is 15.4. The molecule has 0 amide bonds. The first-order valence-electron chi connectivity index (χ1n) is 7.51. The summed E-state index contributed by atoms with van der Waals surface area (Å²) in [5.41, 5.74) is 0.874. The number of piperidine rings is 1.